The Labute approximate surface area is 567 Å². The molecule has 24 nitrogen and oxygen atoms in total. The van der Waals surface area contributed by atoms with Crippen LogP contribution in [0.2, 0.25) is 0 Å². The van der Waals surface area contributed by atoms with Gasteiger partial charge in [-0.25, -0.2) is 13.2 Å². The Bertz CT molecular complexity index is 2930. The van der Waals surface area contributed by atoms with Crippen molar-refractivity contribution < 1.29 is 83.9 Å². The summed E-state index contributed by atoms with van der Waals surface area (Å²) >= 11 is 0. The average molecular weight is 1390 g/mol. The van der Waals surface area contributed by atoms with Crippen molar-refractivity contribution >= 4 is 70.9 Å². The van der Waals surface area contributed by atoms with Gasteiger partial charge in [-0.15, -0.1) is 0 Å². The number of nitrogens with one attached hydrogen (secondary N) is 4. The van der Waals surface area contributed by atoms with E-state index < -0.39 is 188 Å². The molecular weight excluding hydrogens is 1280 g/mol. The number of amides is 12. The maximum absolute atomic E-state index is 15.0. The fourth-order valence-electron chi connectivity index (χ4n) is 11.8. The number of hydrogen-bond acceptors (Lipinski definition) is 12. The highest BCUT2D eigenvalue weighted by atomic mass is 19.4. The lowest BCUT2D eigenvalue weighted by Crippen LogP contribution is -2.63. The Morgan fingerprint density at radius 1 is 0.598 bits per heavy atom. The summed E-state index contributed by atoms with van der Waals surface area (Å²) in [6.45, 7) is 15.4. The molecule has 12 amide bonds. The van der Waals surface area contributed by atoms with Crippen LogP contribution in [0.4, 0.5) is 26.3 Å². The number of likely N-dealkylation sites (tertiary alicyclic amines) is 1. The highest BCUT2D eigenvalue weighted by Gasteiger charge is 2.44. The highest BCUT2D eigenvalue weighted by molar-refractivity contribution is 6.00. The molecule has 4 N–H and O–H groups in total. The Morgan fingerprint density at radius 3 is 1.64 bits per heavy atom. The summed E-state index contributed by atoms with van der Waals surface area (Å²) in [5.74, 6) is -12.7. The molecular formula is C67H106F6N12O12. The summed E-state index contributed by atoms with van der Waals surface area (Å²) < 4.78 is 82.6. The van der Waals surface area contributed by atoms with E-state index in [9.17, 15) is 83.9 Å². The monoisotopic (exact) mass is 1380 g/mol. The number of carbonyl (C=O) groups excluding carboxylic acids is 12. The number of benzene rings is 1. The summed E-state index contributed by atoms with van der Waals surface area (Å²) in [5.41, 5.74) is -3.45. The molecule has 2 heterocycles. The first-order chi connectivity index (χ1) is 44.9. The number of nitrogens with zero attached hydrogens (tertiary/aromatic N) is 8. The molecule has 0 unspecified atom stereocenters. The predicted octanol–water partition coefficient (Wildman–Crippen LogP) is 4.85. The van der Waals surface area contributed by atoms with Crippen LogP contribution in [0.25, 0.3) is 0 Å². The van der Waals surface area contributed by atoms with Crippen molar-refractivity contribution in [2.75, 3.05) is 82.1 Å². The third-order valence-electron chi connectivity index (χ3n) is 17.9. The maximum Gasteiger partial charge on any atom is 0.419 e. The topological polar surface area (TPSA) is 279 Å². The lowest BCUT2D eigenvalue weighted by molar-refractivity contribution is -0.149. The quantitative estimate of drug-likeness (QED) is 0.120. The van der Waals surface area contributed by atoms with E-state index in [0.717, 1.165) is 40.4 Å². The number of alkyl halides is 5. The van der Waals surface area contributed by atoms with Crippen LogP contribution >= 0.6 is 0 Å². The van der Waals surface area contributed by atoms with Crippen molar-refractivity contribution in [3.8, 4) is 0 Å². The summed E-state index contributed by atoms with van der Waals surface area (Å²) in [4.78, 5) is 183. The SMILES string of the molecule is CC[C@H](C)[C@@H]1NC(=O)[C@H](CC(C)C)N(C)C(=O)C[C@@H](C(=O)N2CCCC2)NC(=O)[C@H](CC(C)C)N(C)C(=O)C(C)(C)NC(=O)[C@H](CC(C)C)N(C)C(=O)[C@H](CCc2ccc(C(F)(F)F)c(F)c2)NC(=O)CN(C)C(=O)[C@H](CCCCC(F)F)N(C)C(=O)CN(C)C(=O)CN(C)C1=O. The standard InChI is InChI=1S/C67H106F6N12O12/c1-18-42(8)57-64(96)80(13)37-55(88)78(11)38-56(89)81(14)48(23-19-20-24-52(69)70)63(95)79(12)36-53(86)74-46(28-26-43-25-27-44(45(68)34-43)67(71,72)73)61(93)83(16)51(33-41(6)7)60(92)77-66(9,10)65(97)84(17)50(32-40(4)5)58(90)75-47(62(94)85-29-21-22-30-85)35-54(87)82(15)49(31-39(2)3)59(91)76-57/h25,27,34,39-42,46-52,57H,18-24,26,28-33,35-38H2,1-17H3,(H,74,86)(H,75,90)(H,76,91)(H,77,92)/t42-,46-,47-,48-,49-,50-,51-,57-/m0/s1. The molecule has 2 fully saturated rings. The zero-order valence-corrected chi connectivity index (χ0v) is 59.6. The number of likely N-dealkylation sites (N-methyl/N-ethyl adjacent to an activating group) is 7. The van der Waals surface area contributed by atoms with Crippen molar-refractivity contribution in [2.24, 2.45) is 23.7 Å². The Hall–Kier alpha value is -7.56. The van der Waals surface area contributed by atoms with Gasteiger partial charge >= 0.3 is 6.18 Å². The first-order valence-electron chi connectivity index (χ1n) is 33.4. The highest BCUT2D eigenvalue weighted by Crippen LogP contribution is 2.32. The van der Waals surface area contributed by atoms with Gasteiger partial charge in [0.05, 0.1) is 31.6 Å². The fourth-order valence-corrected chi connectivity index (χ4v) is 11.8. The van der Waals surface area contributed by atoms with Crippen LogP contribution in [0.3, 0.4) is 0 Å². The van der Waals surface area contributed by atoms with Crippen molar-refractivity contribution in [2.45, 2.75) is 213 Å². The van der Waals surface area contributed by atoms with Crippen LogP contribution < -0.4 is 21.3 Å². The third kappa shape index (κ3) is 24.7. The zero-order chi connectivity index (χ0) is 73.9. The second-order valence-corrected chi connectivity index (χ2v) is 27.9. The lowest BCUT2D eigenvalue weighted by atomic mass is 9.95. The number of unbranched alkanes of at least 4 members (excludes halogenated alkanes) is 1. The average Bonchev–Trinajstić information content (AvgIpc) is 1.76. The van der Waals surface area contributed by atoms with Gasteiger partial charge in [-0.2, -0.15) is 13.2 Å². The van der Waals surface area contributed by atoms with Crippen LogP contribution in [-0.2, 0) is 70.1 Å². The minimum atomic E-state index is -5.05. The predicted molar refractivity (Wildman–Crippen MR) is 350 cm³/mol. The number of halogens is 6. The van der Waals surface area contributed by atoms with Gasteiger partial charge in [0.1, 0.15) is 53.6 Å². The molecule has 0 aliphatic carbocycles. The molecule has 8 atom stereocenters. The van der Waals surface area contributed by atoms with E-state index in [-0.39, 0.29) is 68.3 Å². The van der Waals surface area contributed by atoms with E-state index in [0.29, 0.717) is 44.5 Å². The Balaban J connectivity index is 2.30. The van der Waals surface area contributed by atoms with Gasteiger partial charge in [-0.1, -0.05) is 74.3 Å². The van der Waals surface area contributed by atoms with Gasteiger partial charge < -0.3 is 60.5 Å². The van der Waals surface area contributed by atoms with Gasteiger partial charge in [0.2, 0.25) is 77.3 Å². The Morgan fingerprint density at radius 2 is 1.11 bits per heavy atom. The molecule has 2 aliphatic rings. The molecule has 2 aliphatic heterocycles. The molecule has 1 aromatic rings. The zero-order valence-electron chi connectivity index (χ0n) is 59.6. The van der Waals surface area contributed by atoms with Gasteiger partial charge in [0.25, 0.3) is 0 Å². The molecule has 0 radical (unpaired) electrons. The van der Waals surface area contributed by atoms with Crippen molar-refractivity contribution in [1.82, 2.24) is 60.5 Å². The summed E-state index contributed by atoms with van der Waals surface area (Å²) in [6, 6.07) is -7.75. The number of carbonyl (C=O) groups is 12. The minimum Gasteiger partial charge on any atom is -0.343 e. The molecule has 30 heteroatoms. The molecule has 3 rings (SSSR count). The van der Waals surface area contributed by atoms with Gasteiger partial charge in [-0.05, 0) is 113 Å². The van der Waals surface area contributed by atoms with E-state index in [1.165, 1.54) is 68.1 Å². The van der Waals surface area contributed by atoms with Crippen LogP contribution in [-0.4, -0.2) is 246 Å². The van der Waals surface area contributed by atoms with Crippen molar-refractivity contribution in [1.29, 1.82) is 0 Å². The molecule has 97 heavy (non-hydrogen) atoms. The first-order valence-corrected chi connectivity index (χ1v) is 33.4. The normalized spacial score (nSPS) is 23.8. The van der Waals surface area contributed by atoms with E-state index in [4.69, 9.17) is 0 Å². The van der Waals surface area contributed by atoms with E-state index in [1.54, 1.807) is 41.5 Å². The molecule has 548 valence electrons. The van der Waals surface area contributed by atoms with E-state index in [2.05, 4.69) is 21.3 Å². The number of rotatable bonds is 17. The summed E-state index contributed by atoms with van der Waals surface area (Å²) in [7, 11) is 8.91. The van der Waals surface area contributed by atoms with Crippen LogP contribution in [0.15, 0.2) is 18.2 Å². The largest absolute Gasteiger partial charge is 0.419 e. The van der Waals surface area contributed by atoms with Crippen molar-refractivity contribution in [3.63, 3.8) is 0 Å². The van der Waals surface area contributed by atoms with Gasteiger partial charge in [0, 0.05) is 68.8 Å². The second kappa shape index (κ2) is 37.4. The van der Waals surface area contributed by atoms with Gasteiger partial charge in [-0.3, -0.25) is 57.5 Å². The number of aryl methyl sites for hydroxylation is 1. The van der Waals surface area contributed by atoms with Crippen LogP contribution in [0.5, 0.6) is 0 Å². The van der Waals surface area contributed by atoms with Crippen LogP contribution in [0, 0.1) is 29.5 Å². The fraction of sp³-hybridized carbons (Fsp3) is 0.731. The van der Waals surface area contributed by atoms with Crippen LogP contribution in [0.1, 0.15) is 157 Å². The molecule has 0 saturated carbocycles. The Kier molecular flexibility index (Phi) is 32.3. The maximum atomic E-state index is 15.0. The molecule has 1 aromatic carbocycles. The summed E-state index contributed by atoms with van der Waals surface area (Å²) in [6.07, 6.45) is -8.36. The van der Waals surface area contributed by atoms with E-state index >= 15 is 0 Å². The summed E-state index contributed by atoms with van der Waals surface area (Å²) in [5, 5.41) is 10.8. The molecule has 0 aromatic heterocycles. The number of hydrogen-bond donors (Lipinski definition) is 4. The minimum absolute atomic E-state index is 0.00753. The molecule has 2 saturated heterocycles. The van der Waals surface area contributed by atoms with Gasteiger partial charge in [0.15, 0.2) is 0 Å². The second-order valence-electron chi connectivity index (χ2n) is 27.9. The smallest absolute Gasteiger partial charge is 0.343 e. The van der Waals surface area contributed by atoms with E-state index in [1.807, 2.05) is 13.8 Å². The third-order valence-corrected chi connectivity index (χ3v) is 17.9. The van der Waals surface area contributed by atoms with Crippen molar-refractivity contribution in [3.05, 3.63) is 35.1 Å². The molecule has 0 spiro atoms. The first kappa shape index (κ1) is 83.7. The lowest BCUT2D eigenvalue weighted by Gasteiger charge is -2.38. The molecule has 0 bridgehead atoms.